The summed E-state index contributed by atoms with van der Waals surface area (Å²) in [5.74, 6) is 0.150. The third-order valence-corrected chi connectivity index (χ3v) is 3.34. The number of carbonyl (C=O) groups is 1. The molecule has 108 valence electrons. The topological polar surface area (TPSA) is 64.4 Å². The summed E-state index contributed by atoms with van der Waals surface area (Å²) in [5.41, 5.74) is 1.64. The van der Waals surface area contributed by atoms with Gasteiger partial charge < -0.3 is 14.4 Å². The van der Waals surface area contributed by atoms with E-state index in [2.05, 4.69) is 23.4 Å². The highest BCUT2D eigenvalue weighted by Gasteiger charge is 2.21. The van der Waals surface area contributed by atoms with Crippen molar-refractivity contribution in [3.05, 3.63) is 29.6 Å². The first-order chi connectivity index (χ1) is 9.47. The van der Waals surface area contributed by atoms with E-state index in [9.17, 15) is 9.90 Å². The number of imidazole rings is 1. The Morgan fingerprint density at radius 2 is 2.10 bits per heavy atom. The number of aromatic nitrogens is 2. The Kier molecular flexibility index (Phi) is 4.09. The standard InChI is InChI=1S/C15H20N2O3/c1-9(2)14-16-13-11(15(18)19)6-5-7-12(13)17(14)10(3)8-20-4/h5-7,9-10H,8H2,1-4H3,(H,18,19). The summed E-state index contributed by atoms with van der Waals surface area (Å²) in [4.78, 5) is 15.9. The molecule has 1 N–H and O–H groups in total. The summed E-state index contributed by atoms with van der Waals surface area (Å²) in [6.07, 6.45) is 0. The van der Waals surface area contributed by atoms with Crippen LogP contribution < -0.4 is 0 Å². The molecule has 1 heterocycles. The van der Waals surface area contributed by atoms with Crippen LogP contribution in [-0.4, -0.2) is 34.3 Å². The van der Waals surface area contributed by atoms with Crippen LogP contribution in [0.15, 0.2) is 18.2 Å². The molecule has 0 saturated heterocycles. The molecule has 1 unspecified atom stereocenters. The molecular formula is C15H20N2O3. The van der Waals surface area contributed by atoms with Gasteiger partial charge in [0.05, 0.1) is 23.7 Å². The average Bonchev–Trinajstić information content (AvgIpc) is 2.77. The van der Waals surface area contributed by atoms with Gasteiger partial charge in [-0.3, -0.25) is 0 Å². The number of fused-ring (bicyclic) bond motifs is 1. The number of carboxylic acid groups (broad SMARTS) is 1. The molecule has 0 fully saturated rings. The van der Waals surface area contributed by atoms with Gasteiger partial charge in [-0.2, -0.15) is 0 Å². The molecule has 1 aromatic heterocycles. The van der Waals surface area contributed by atoms with E-state index in [-0.39, 0.29) is 17.5 Å². The van der Waals surface area contributed by atoms with Crippen molar-refractivity contribution in [2.24, 2.45) is 0 Å². The van der Waals surface area contributed by atoms with Gasteiger partial charge in [0.2, 0.25) is 0 Å². The molecule has 0 saturated carbocycles. The van der Waals surface area contributed by atoms with Crippen molar-refractivity contribution in [2.75, 3.05) is 13.7 Å². The second-order valence-corrected chi connectivity index (χ2v) is 5.28. The number of aromatic carboxylic acids is 1. The van der Waals surface area contributed by atoms with Gasteiger partial charge >= 0.3 is 5.97 Å². The molecule has 0 aliphatic rings. The molecule has 2 rings (SSSR count). The molecule has 20 heavy (non-hydrogen) atoms. The minimum atomic E-state index is -0.949. The van der Waals surface area contributed by atoms with E-state index >= 15 is 0 Å². The Hall–Kier alpha value is -1.88. The lowest BCUT2D eigenvalue weighted by atomic mass is 10.2. The fourth-order valence-corrected chi connectivity index (χ4v) is 2.49. The largest absolute Gasteiger partial charge is 0.478 e. The molecular weight excluding hydrogens is 256 g/mol. The van der Waals surface area contributed by atoms with E-state index in [0.717, 1.165) is 11.3 Å². The normalized spacial score (nSPS) is 13.1. The molecule has 1 atom stereocenters. The fourth-order valence-electron chi connectivity index (χ4n) is 2.49. The van der Waals surface area contributed by atoms with Crippen LogP contribution in [0.1, 0.15) is 48.9 Å². The van der Waals surface area contributed by atoms with Gasteiger partial charge in [0, 0.05) is 13.0 Å². The highest BCUT2D eigenvalue weighted by atomic mass is 16.5. The summed E-state index contributed by atoms with van der Waals surface area (Å²) < 4.78 is 7.30. The fraction of sp³-hybridized carbons (Fsp3) is 0.467. The van der Waals surface area contributed by atoms with Crippen LogP contribution in [0.25, 0.3) is 11.0 Å². The lowest BCUT2D eigenvalue weighted by Crippen LogP contribution is -2.15. The van der Waals surface area contributed by atoms with Crippen LogP contribution in [-0.2, 0) is 4.74 Å². The van der Waals surface area contributed by atoms with Crippen molar-refractivity contribution in [3.8, 4) is 0 Å². The summed E-state index contributed by atoms with van der Waals surface area (Å²) in [6, 6.07) is 5.36. The van der Waals surface area contributed by atoms with E-state index in [4.69, 9.17) is 4.74 Å². The molecule has 0 aliphatic carbocycles. The number of methoxy groups -OCH3 is 1. The van der Waals surface area contributed by atoms with Crippen molar-refractivity contribution in [1.82, 2.24) is 9.55 Å². The lowest BCUT2D eigenvalue weighted by molar-refractivity contribution is 0.0699. The van der Waals surface area contributed by atoms with E-state index in [1.54, 1.807) is 19.2 Å². The summed E-state index contributed by atoms with van der Waals surface area (Å²) in [6.45, 7) is 6.71. The first-order valence-electron chi connectivity index (χ1n) is 6.70. The van der Waals surface area contributed by atoms with Crippen molar-refractivity contribution < 1.29 is 14.6 Å². The predicted molar refractivity (Wildman–Crippen MR) is 77.4 cm³/mol. The number of nitrogens with zero attached hydrogens (tertiary/aromatic N) is 2. The van der Waals surface area contributed by atoms with Gasteiger partial charge in [-0.05, 0) is 19.1 Å². The van der Waals surface area contributed by atoms with Crippen molar-refractivity contribution in [2.45, 2.75) is 32.7 Å². The third kappa shape index (κ3) is 2.41. The number of benzene rings is 1. The smallest absolute Gasteiger partial charge is 0.337 e. The summed E-state index contributed by atoms with van der Waals surface area (Å²) in [7, 11) is 1.66. The lowest BCUT2D eigenvalue weighted by Gasteiger charge is -2.18. The number of para-hydroxylation sites is 1. The number of ether oxygens (including phenoxy) is 1. The Labute approximate surface area is 118 Å². The Balaban J connectivity index is 2.73. The van der Waals surface area contributed by atoms with Crippen LogP contribution >= 0.6 is 0 Å². The zero-order chi connectivity index (χ0) is 14.9. The van der Waals surface area contributed by atoms with Gasteiger partial charge in [0.25, 0.3) is 0 Å². The molecule has 0 amide bonds. The third-order valence-electron chi connectivity index (χ3n) is 3.34. The molecule has 1 aromatic carbocycles. The van der Waals surface area contributed by atoms with Gasteiger partial charge in [0.1, 0.15) is 11.3 Å². The SMILES string of the molecule is COCC(C)n1c(C(C)C)nc2c(C(=O)O)cccc21. The van der Waals surface area contributed by atoms with Gasteiger partial charge in [-0.15, -0.1) is 0 Å². The van der Waals surface area contributed by atoms with Crippen LogP contribution in [0.4, 0.5) is 0 Å². The average molecular weight is 276 g/mol. The Morgan fingerprint density at radius 1 is 1.40 bits per heavy atom. The van der Waals surface area contributed by atoms with Crippen LogP contribution in [0.3, 0.4) is 0 Å². The summed E-state index contributed by atoms with van der Waals surface area (Å²) in [5, 5.41) is 9.29. The van der Waals surface area contributed by atoms with Crippen LogP contribution in [0.2, 0.25) is 0 Å². The molecule has 0 bridgehead atoms. The molecule has 0 spiro atoms. The number of hydrogen-bond donors (Lipinski definition) is 1. The quantitative estimate of drug-likeness (QED) is 0.911. The molecule has 2 aromatic rings. The number of carboxylic acids is 1. The van der Waals surface area contributed by atoms with E-state index in [1.807, 2.05) is 13.0 Å². The molecule has 0 aliphatic heterocycles. The minimum Gasteiger partial charge on any atom is -0.478 e. The second-order valence-electron chi connectivity index (χ2n) is 5.28. The Bertz CT molecular complexity index is 631. The number of hydrogen-bond acceptors (Lipinski definition) is 3. The highest BCUT2D eigenvalue weighted by molar-refractivity contribution is 6.01. The molecule has 5 nitrogen and oxygen atoms in total. The minimum absolute atomic E-state index is 0.103. The predicted octanol–water partition coefficient (Wildman–Crippen LogP) is 3.07. The van der Waals surface area contributed by atoms with Crippen molar-refractivity contribution in [3.63, 3.8) is 0 Å². The van der Waals surface area contributed by atoms with Gasteiger partial charge in [-0.1, -0.05) is 19.9 Å². The first-order valence-corrected chi connectivity index (χ1v) is 6.70. The van der Waals surface area contributed by atoms with Crippen LogP contribution in [0, 0.1) is 0 Å². The Morgan fingerprint density at radius 3 is 2.65 bits per heavy atom. The van der Waals surface area contributed by atoms with E-state index < -0.39 is 5.97 Å². The zero-order valence-electron chi connectivity index (χ0n) is 12.3. The highest BCUT2D eigenvalue weighted by Crippen LogP contribution is 2.28. The second kappa shape index (κ2) is 5.63. The van der Waals surface area contributed by atoms with E-state index in [0.29, 0.717) is 12.1 Å². The van der Waals surface area contributed by atoms with Gasteiger partial charge in [0.15, 0.2) is 0 Å². The summed E-state index contributed by atoms with van der Waals surface area (Å²) >= 11 is 0. The maximum atomic E-state index is 11.3. The first kappa shape index (κ1) is 14.5. The van der Waals surface area contributed by atoms with E-state index in [1.165, 1.54) is 0 Å². The molecule has 5 heteroatoms. The van der Waals surface area contributed by atoms with Crippen molar-refractivity contribution >= 4 is 17.0 Å². The van der Waals surface area contributed by atoms with Crippen LogP contribution in [0.5, 0.6) is 0 Å². The monoisotopic (exact) mass is 276 g/mol. The van der Waals surface area contributed by atoms with Crippen molar-refractivity contribution in [1.29, 1.82) is 0 Å². The molecule has 0 radical (unpaired) electrons. The maximum Gasteiger partial charge on any atom is 0.337 e. The number of rotatable bonds is 5. The van der Waals surface area contributed by atoms with Gasteiger partial charge in [-0.25, -0.2) is 9.78 Å². The maximum absolute atomic E-state index is 11.3. The zero-order valence-corrected chi connectivity index (χ0v) is 12.3.